The van der Waals surface area contributed by atoms with Gasteiger partial charge in [0, 0.05) is 22.3 Å². The summed E-state index contributed by atoms with van der Waals surface area (Å²) < 4.78 is 0. The van der Waals surface area contributed by atoms with E-state index < -0.39 is 0 Å². The lowest BCUT2D eigenvalue weighted by Gasteiger charge is -2.15. The lowest BCUT2D eigenvalue weighted by molar-refractivity contribution is 0.101. The van der Waals surface area contributed by atoms with Gasteiger partial charge in [0.05, 0.1) is 0 Å². The van der Waals surface area contributed by atoms with E-state index in [-0.39, 0.29) is 11.6 Å². The first-order valence-electron chi connectivity index (χ1n) is 11.4. The van der Waals surface area contributed by atoms with Gasteiger partial charge < -0.3 is 0 Å². The Morgan fingerprint density at radius 3 is 1.36 bits per heavy atom. The van der Waals surface area contributed by atoms with Crippen molar-refractivity contribution in [3.05, 3.63) is 58.7 Å². The molecule has 11 rings (SSSR count). The molecule has 2 heteroatoms. The third-order valence-corrected chi connectivity index (χ3v) is 10.7. The van der Waals surface area contributed by atoms with E-state index in [1.807, 2.05) is 24.3 Å². The number of Topliss-reactive ketones (excluding diaryl/α,β-unsaturated/α-hetero) is 2. The summed E-state index contributed by atoms with van der Waals surface area (Å²) >= 11 is 0. The summed E-state index contributed by atoms with van der Waals surface area (Å²) in [6.45, 7) is 0. The standard InChI is InChI=1S/C26H22O2/c27-25(17-7-13-11-5-15-19(13)23(15)21(11)17)9-1-2-10(4-3-9)26(28)18-8-14-12-6-16-20(14)24(16)22(12)18/h1-4,7-8,11-16,19-24H,5-6H2. The Hall–Kier alpha value is -1.96. The predicted octanol–water partition coefficient (Wildman–Crippen LogP) is 4.19. The van der Waals surface area contributed by atoms with Crippen molar-refractivity contribution in [2.75, 3.05) is 0 Å². The minimum absolute atomic E-state index is 0.225. The minimum Gasteiger partial charge on any atom is -0.289 e. The number of hydrogen-bond donors (Lipinski definition) is 0. The highest BCUT2D eigenvalue weighted by Gasteiger charge is 2.77. The van der Waals surface area contributed by atoms with Crippen LogP contribution >= 0.6 is 0 Å². The Morgan fingerprint density at radius 1 is 0.607 bits per heavy atom. The first-order chi connectivity index (χ1) is 13.7. The molecule has 0 aromatic heterocycles. The average molecular weight is 366 g/mol. The van der Waals surface area contributed by atoms with E-state index in [0.717, 1.165) is 69.6 Å². The van der Waals surface area contributed by atoms with E-state index in [1.54, 1.807) is 0 Å². The van der Waals surface area contributed by atoms with Crippen LogP contribution in [0.1, 0.15) is 33.6 Å². The molecule has 12 bridgehead atoms. The van der Waals surface area contributed by atoms with Crippen LogP contribution in [-0.4, -0.2) is 11.6 Å². The van der Waals surface area contributed by atoms with Gasteiger partial charge in [0.2, 0.25) is 0 Å². The quantitative estimate of drug-likeness (QED) is 0.749. The number of ketones is 2. The van der Waals surface area contributed by atoms with Crippen molar-refractivity contribution in [2.45, 2.75) is 12.8 Å². The van der Waals surface area contributed by atoms with Gasteiger partial charge in [0.15, 0.2) is 11.6 Å². The second-order valence-electron chi connectivity index (χ2n) is 11.1. The molecule has 0 spiro atoms. The third-order valence-electron chi connectivity index (χ3n) is 10.7. The SMILES string of the molecule is O=C(C1=CC2C3CC4C2C4C13)c1ccc(C(=O)C2=CC3C4CC5C3C5C24)cc1. The Balaban J connectivity index is 1.00. The summed E-state index contributed by atoms with van der Waals surface area (Å²) in [7, 11) is 0. The smallest absolute Gasteiger partial charge is 0.189 e. The van der Waals surface area contributed by atoms with Crippen LogP contribution in [0.25, 0.3) is 0 Å². The zero-order chi connectivity index (χ0) is 18.0. The van der Waals surface area contributed by atoms with Crippen LogP contribution in [0.2, 0.25) is 0 Å². The summed E-state index contributed by atoms with van der Waals surface area (Å²) in [4.78, 5) is 26.3. The van der Waals surface area contributed by atoms with Gasteiger partial charge in [-0.3, -0.25) is 9.59 Å². The number of hydrogen-bond acceptors (Lipinski definition) is 2. The van der Waals surface area contributed by atoms with Crippen LogP contribution in [-0.2, 0) is 0 Å². The average Bonchev–Trinajstić information content (AvgIpc) is 3.23. The topological polar surface area (TPSA) is 34.1 Å². The van der Waals surface area contributed by atoms with Crippen LogP contribution in [0.3, 0.4) is 0 Å². The maximum Gasteiger partial charge on any atom is 0.189 e. The van der Waals surface area contributed by atoms with Gasteiger partial charge in [-0.25, -0.2) is 0 Å². The van der Waals surface area contributed by atoms with Gasteiger partial charge in [-0.2, -0.15) is 0 Å². The van der Waals surface area contributed by atoms with Crippen molar-refractivity contribution in [2.24, 2.45) is 71.0 Å². The summed E-state index contributed by atoms with van der Waals surface area (Å²) in [5, 5.41) is 0. The summed E-state index contributed by atoms with van der Waals surface area (Å²) in [6.07, 6.45) is 7.38. The van der Waals surface area contributed by atoms with E-state index in [0.29, 0.717) is 23.7 Å². The van der Waals surface area contributed by atoms with E-state index in [9.17, 15) is 9.59 Å². The van der Waals surface area contributed by atoms with Crippen LogP contribution in [0, 0.1) is 71.0 Å². The second kappa shape index (κ2) is 4.01. The molecule has 2 nitrogen and oxygen atoms in total. The number of allylic oxidation sites excluding steroid dienone is 4. The fourth-order valence-electron chi connectivity index (χ4n) is 9.98. The zero-order valence-electron chi connectivity index (χ0n) is 15.6. The predicted molar refractivity (Wildman–Crippen MR) is 102 cm³/mol. The molecule has 10 aliphatic rings. The van der Waals surface area contributed by atoms with E-state index in [2.05, 4.69) is 12.2 Å². The second-order valence-corrected chi connectivity index (χ2v) is 11.1. The molecule has 1 aromatic carbocycles. The molecular weight excluding hydrogens is 344 g/mol. The first kappa shape index (κ1) is 14.1. The molecule has 28 heavy (non-hydrogen) atoms. The van der Waals surface area contributed by atoms with Gasteiger partial charge in [-0.05, 0) is 83.9 Å². The lowest BCUT2D eigenvalue weighted by Crippen LogP contribution is -2.15. The molecule has 0 N–H and O–H groups in total. The Labute approximate surface area is 164 Å². The van der Waals surface area contributed by atoms with Crippen molar-refractivity contribution in [3.8, 4) is 0 Å². The van der Waals surface area contributed by atoms with Crippen molar-refractivity contribution in [1.29, 1.82) is 0 Å². The number of rotatable bonds is 4. The zero-order valence-corrected chi connectivity index (χ0v) is 15.6. The number of carbonyl (C=O) groups excluding carboxylic acids is 2. The summed E-state index contributed by atoms with van der Waals surface area (Å²) in [6, 6.07) is 7.63. The summed E-state index contributed by atoms with van der Waals surface area (Å²) in [5.41, 5.74) is 3.75. The third kappa shape index (κ3) is 1.28. The molecule has 10 aliphatic carbocycles. The molecular formula is C26H22O2. The molecule has 12 unspecified atom stereocenters. The van der Waals surface area contributed by atoms with Gasteiger partial charge in [-0.15, -0.1) is 0 Å². The van der Waals surface area contributed by atoms with Gasteiger partial charge >= 0.3 is 0 Å². The van der Waals surface area contributed by atoms with Gasteiger partial charge in [-0.1, -0.05) is 36.4 Å². The normalized spacial score (nSPS) is 55.6. The molecule has 8 saturated carbocycles. The van der Waals surface area contributed by atoms with Crippen molar-refractivity contribution < 1.29 is 9.59 Å². The van der Waals surface area contributed by atoms with E-state index in [4.69, 9.17) is 0 Å². The highest BCUT2D eigenvalue weighted by Crippen LogP contribution is 2.81. The molecule has 0 saturated heterocycles. The monoisotopic (exact) mass is 366 g/mol. The number of carbonyl (C=O) groups is 2. The lowest BCUT2D eigenvalue weighted by atomic mass is 9.87. The maximum atomic E-state index is 13.1. The van der Waals surface area contributed by atoms with Crippen LogP contribution in [0.5, 0.6) is 0 Å². The van der Waals surface area contributed by atoms with E-state index in [1.165, 1.54) is 12.8 Å². The highest BCUT2D eigenvalue weighted by atomic mass is 16.1. The van der Waals surface area contributed by atoms with Gasteiger partial charge in [0.25, 0.3) is 0 Å². The molecule has 0 aliphatic heterocycles. The molecule has 138 valence electrons. The van der Waals surface area contributed by atoms with Gasteiger partial charge in [0.1, 0.15) is 0 Å². The highest BCUT2D eigenvalue weighted by molar-refractivity contribution is 6.12. The largest absolute Gasteiger partial charge is 0.289 e. The molecule has 0 heterocycles. The van der Waals surface area contributed by atoms with Crippen molar-refractivity contribution in [3.63, 3.8) is 0 Å². The van der Waals surface area contributed by atoms with Crippen molar-refractivity contribution >= 4 is 11.6 Å². The first-order valence-corrected chi connectivity index (χ1v) is 11.4. The van der Waals surface area contributed by atoms with Crippen molar-refractivity contribution in [1.82, 2.24) is 0 Å². The molecule has 1 aromatic rings. The Kier molecular flexibility index (Phi) is 2.02. The molecule has 8 fully saturated rings. The van der Waals surface area contributed by atoms with Crippen LogP contribution < -0.4 is 0 Å². The Morgan fingerprint density at radius 2 is 1.04 bits per heavy atom. The van der Waals surface area contributed by atoms with Crippen LogP contribution in [0.4, 0.5) is 0 Å². The fraction of sp³-hybridized carbons (Fsp3) is 0.538. The van der Waals surface area contributed by atoms with E-state index >= 15 is 0 Å². The molecule has 0 radical (unpaired) electrons. The molecule has 12 atom stereocenters. The fourth-order valence-corrected chi connectivity index (χ4v) is 9.98. The van der Waals surface area contributed by atoms with Crippen LogP contribution in [0.15, 0.2) is 47.6 Å². The minimum atomic E-state index is 0.225. The molecule has 0 amide bonds. The summed E-state index contributed by atoms with van der Waals surface area (Å²) in [5.74, 6) is 9.96. The number of benzene rings is 1. The maximum absolute atomic E-state index is 13.1. The Bertz CT molecular complexity index is 1000.